The average Bonchev–Trinajstić information content (AvgIpc) is 3.02. The van der Waals surface area contributed by atoms with Gasteiger partial charge in [-0.05, 0) is 30.3 Å². The van der Waals surface area contributed by atoms with Crippen LogP contribution in [0.5, 0.6) is 0 Å². The SMILES string of the molecule is Cn1cc(C(=O)Nc2ccc(Cl)c(Cl)c2)c2[nH]c(=O)n(-c3ccccc3)c(=O)c21. The Kier molecular flexibility index (Phi) is 4.77. The largest absolute Gasteiger partial charge is 0.344 e. The highest BCUT2D eigenvalue weighted by molar-refractivity contribution is 6.42. The molecule has 1 amide bonds. The third-order valence-corrected chi connectivity index (χ3v) is 5.20. The smallest absolute Gasteiger partial charge is 0.333 e. The van der Waals surface area contributed by atoms with E-state index >= 15 is 0 Å². The first kappa shape index (κ1) is 19.0. The summed E-state index contributed by atoms with van der Waals surface area (Å²) < 4.78 is 2.54. The number of benzene rings is 2. The predicted octanol–water partition coefficient (Wildman–Crippen LogP) is 3.58. The summed E-state index contributed by atoms with van der Waals surface area (Å²) in [6.45, 7) is 0. The van der Waals surface area contributed by atoms with Gasteiger partial charge in [0.1, 0.15) is 5.52 Å². The fraction of sp³-hybridized carbons (Fsp3) is 0.0500. The molecule has 0 aliphatic rings. The Morgan fingerprint density at radius 2 is 1.76 bits per heavy atom. The Hall–Kier alpha value is -3.29. The van der Waals surface area contributed by atoms with Crippen molar-refractivity contribution in [2.45, 2.75) is 0 Å². The van der Waals surface area contributed by atoms with E-state index < -0.39 is 17.2 Å². The second kappa shape index (κ2) is 7.27. The van der Waals surface area contributed by atoms with E-state index in [-0.39, 0.29) is 16.6 Å². The van der Waals surface area contributed by atoms with Crippen molar-refractivity contribution in [2.75, 3.05) is 5.32 Å². The number of carbonyl (C=O) groups excluding carboxylic acids is 1. The fourth-order valence-electron chi connectivity index (χ4n) is 3.13. The molecule has 4 rings (SSSR count). The van der Waals surface area contributed by atoms with Gasteiger partial charge < -0.3 is 14.9 Å². The van der Waals surface area contributed by atoms with Gasteiger partial charge in [0.2, 0.25) is 0 Å². The number of hydrogen-bond donors (Lipinski definition) is 2. The summed E-state index contributed by atoms with van der Waals surface area (Å²) in [4.78, 5) is 41.1. The number of anilines is 1. The quantitative estimate of drug-likeness (QED) is 0.522. The maximum absolute atomic E-state index is 13.0. The lowest BCUT2D eigenvalue weighted by atomic mass is 10.2. The van der Waals surface area contributed by atoms with Crippen molar-refractivity contribution in [3.05, 3.63) is 91.2 Å². The second-order valence-corrected chi connectivity index (χ2v) is 7.18. The van der Waals surface area contributed by atoms with Gasteiger partial charge >= 0.3 is 5.69 Å². The van der Waals surface area contributed by atoms with Crippen LogP contribution in [0.1, 0.15) is 10.4 Å². The van der Waals surface area contributed by atoms with E-state index in [0.29, 0.717) is 21.4 Å². The van der Waals surface area contributed by atoms with E-state index in [0.717, 1.165) is 4.57 Å². The van der Waals surface area contributed by atoms with Crippen molar-refractivity contribution in [2.24, 2.45) is 7.05 Å². The van der Waals surface area contributed by atoms with Crippen LogP contribution in [0.2, 0.25) is 10.0 Å². The lowest BCUT2D eigenvalue weighted by Crippen LogP contribution is -2.34. The summed E-state index contributed by atoms with van der Waals surface area (Å²) >= 11 is 11.9. The Bertz CT molecular complexity index is 1370. The highest BCUT2D eigenvalue weighted by Crippen LogP contribution is 2.26. The van der Waals surface area contributed by atoms with Gasteiger partial charge in [0.05, 0.1) is 26.8 Å². The van der Waals surface area contributed by atoms with Gasteiger partial charge in [-0.25, -0.2) is 9.36 Å². The molecule has 0 aliphatic carbocycles. The minimum Gasteiger partial charge on any atom is -0.344 e. The molecule has 2 aromatic heterocycles. The van der Waals surface area contributed by atoms with E-state index in [1.54, 1.807) is 49.5 Å². The highest BCUT2D eigenvalue weighted by Gasteiger charge is 2.20. The zero-order chi connectivity index (χ0) is 20.7. The molecular formula is C20H14Cl2N4O3. The third kappa shape index (κ3) is 3.35. The number of nitrogens with zero attached hydrogens (tertiary/aromatic N) is 2. The summed E-state index contributed by atoms with van der Waals surface area (Å²) in [5, 5.41) is 3.35. The van der Waals surface area contributed by atoms with E-state index in [4.69, 9.17) is 23.2 Å². The molecule has 0 bridgehead atoms. The molecule has 0 saturated carbocycles. The zero-order valence-electron chi connectivity index (χ0n) is 15.1. The van der Waals surface area contributed by atoms with Gasteiger partial charge in [-0.2, -0.15) is 0 Å². The molecule has 0 atom stereocenters. The summed E-state index contributed by atoms with van der Waals surface area (Å²) in [6.07, 6.45) is 1.49. The number of aryl methyl sites for hydroxylation is 1. The van der Waals surface area contributed by atoms with Crippen molar-refractivity contribution in [1.29, 1.82) is 0 Å². The molecule has 4 aromatic rings. The topological polar surface area (TPSA) is 88.9 Å². The van der Waals surface area contributed by atoms with Crippen LogP contribution in [0, 0.1) is 0 Å². The van der Waals surface area contributed by atoms with Crippen LogP contribution < -0.4 is 16.6 Å². The Morgan fingerprint density at radius 3 is 2.45 bits per heavy atom. The molecule has 0 spiro atoms. The summed E-state index contributed by atoms with van der Waals surface area (Å²) in [5.74, 6) is -0.499. The fourth-order valence-corrected chi connectivity index (χ4v) is 3.43. The molecule has 0 fully saturated rings. The number of fused-ring (bicyclic) bond motifs is 1. The lowest BCUT2D eigenvalue weighted by Gasteiger charge is -2.07. The molecule has 0 unspecified atom stereocenters. The Labute approximate surface area is 174 Å². The number of rotatable bonds is 3. The van der Waals surface area contributed by atoms with E-state index in [1.165, 1.54) is 16.8 Å². The summed E-state index contributed by atoms with van der Waals surface area (Å²) in [6, 6.07) is 13.2. The van der Waals surface area contributed by atoms with Gasteiger partial charge in [-0.3, -0.25) is 9.59 Å². The monoisotopic (exact) mass is 428 g/mol. The van der Waals surface area contributed by atoms with Gasteiger partial charge in [0, 0.05) is 18.9 Å². The summed E-state index contributed by atoms with van der Waals surface area (Å²) in [5.41, 5.74) is 0.225. The minimum absolute atomic E-state index is 0.156. The van der Waals surface area contributed by atoms with E-state index in [2.05, 4.69) is 10.3 Å². The third-order valence-electron chi connectivity index (χ3n) is 4.46. The number of aromatic nitrogens is 3. The van der Waals surface area contributed by atoms with Gasteiger partial charge in [-0.15, -0.1) is 0 Å². The maximum Gasteiger partial charge on any atom is 0.333 e. The highest BCUT2D eigenvalue weighted by atomic mass is 35.5. The van der Waals surface area contributed by atoms with Gasteiger partial charge in [0.15, 0.2) is 0 Å². The molecule has 2 aromatic carbocycles. The van der Waals surface area contributed by atoms with Crippen molar-refractivity contribution < 1.29 is 4.79 Å². The molecule has 2 N–H and O–H groups in total. The number of carbonyl (C=O) groups is 1. The molecule has 9 heteroatoms. The van der Waals surface area contributed by atoms with Gasteiger partial charge in [0.25, 0.3) is 11.5 Å². The van der Waals surface area contributed by atoms with Crippen LogP contribution in [0.3, 0.4) is 0 Å². The van der Waals surface area contributed by atoms with Crippen molar-refractivity contribution >= 4 is 45.8 Å². The number of nitrogens with one attached hydrogen (secondary N) is 2. The summed E-state index contributed by atoms with van der Waals surface area (Å²) in [7, 11) is 1.63. The number of para-hydroxylation sites is 1. The molecular weight excluding hydrogens is 415 g/mol. The number of H-pyrrole nitrogens is 1. The molecule has 29 heavy (non-hydrogen) atoms. The van der Waals surface area contributed by atoms with Crippen LogP contribution in [0.25, 0.3) is 16.7 Å². The molecule has 0 saturated heterocycles. The zero-order valence-corrected chi connectivity index (χ0v) is 16.6. The van der Waals surface area contributed by atoms with Crippen LogP contribution >= 0.6 is 23.2 Å². The normalized spacial score (nSPS) is 11.0. The second-order valence-electron chi connectivity index (χ2n) is 6.37. The van der Waals surface area contributed by atoms with Crippen LogP contribution in [-0.4, -0.2) is 20.0 Å². The van der Waals surface area contributed by atoms with Crippen molar-refractivity contribution in [3.63, 3.8) is 0 Å². The van der Waals surface area contributed by atoms with Crippen LogP contribution in [-0.2, 0) is 7.05 Å². The van der Waals surface area contributed by atoms with E-state index in [9.17, 15) is 14.4 Å². The van der Waals surface area contributed by atoms with Crippen LogP contribution in [0.4, 0.5) is 5.69 Å². The standard InChI is InChI=1S/C20H14Cl2N4O3/c1-25-10-13(18(27)23-11-7-8-14(21)15(22)9-11)16-17(25)19(28)26(20(29)24-16)12-5-3-2-4-6-12/h2-10H,1H3,(H,23,27)(H,24,29). The maximum atomic E-state index is 13.0. The van der Waals surface area contributed by atoms with Crippen molar-refractivity contribution in [3.8, 4) is 5.69 Å². The molecule has 146 valence electrons. The average molecular weight is 429 g/mol. The molecule has 0 radical (unpaired) electrons. The first-order valence-electron chi connectivity index (χ1n) is 8.53. The first-order chi connectivity index (χ1) is 13.9. The van der Waals surface area contributed by atoms with Crippen molar-refractivity contribution in [1.82, 2.24) is 14.1 Å². The lowest BCUT2D eigenvalue weighted by molar-refractivity contribution is 0.102. The molecule has 2 heterocycles. The predicted molar refractivity (Wildman–Crippen MR) is 114 cm³/mol. The molecule has 7 nitrogen and oxygen atoms in total. The Balaban J connectivity index is 1.83. The Morgan fingerprint density at radius 1 is 1.03 bits per heavy atom. The van der Waals surface area contributed by atoms with E-state index in [1.807, 2.05) is 0 Å². The van der Waals surface area contributed by atoms with Gasteiger partial charge in [-0.1, -0.05) is 41.4 Å². The van der Waals surface area contributed by atoms with Crippen LogP contribution in [0.15, 0.2) is 64.3 Å². The number of amides is 1. The number of aromatic amines is 1. The minimum atomic E-state index is -0.636. The molecule has 0 aliphatic heterocycles. The first-order valence-corrected chi connectivity index (χ1v) is 9.28. The number of hydrogen-bond acceptors (Lipinski definition) is 3. The number of halogens is 2.